The molecule has 1 aromatic heterocycles. The Balaban J connectivity index is 1.25. The van der Waals surface area contributed by atoms with E-state index in [1.165, 1.54) is 12.8 Å². The maximum Gasteiger partial charge on any atom is 0.225 e. The van der Waals surface area contributed by atoms with Crippen LogP contribution in [0.1, 0.15) is 44.3 Å². The lowest BCUT2D eigenvalue weighted by Crippen LogP contribution is -2.37. The Morgan fingerprint density at radius 1 is 1.26 bits per heavy atom. The van der Waals surface area contributed by atoms with Gasteiger partial charge in [-0.15, -0.1) is 0 Å². The van der Waals surface area contributed by atoms with Gasteiger partial charge in [-0.1, -0.05) is 25.0 Å². The van der Waals surface area contributed by atoms with E-state index in [9.17, 15) is 9.59 Å². The smallest absolute Gasteiger partial charge is 0.225 e. The monoisotopic (exact) mass is 368 g/mol. The molecule has 2 aliphatic rings. The summed E-state index contributed by atoms with van der Waals surface area (Å²) in [6.07, 6.45) is 6.63. The van der Waals surface area contributed by atoms with Crippen molar-refractivity contribution in [2.45, 2.75) is 51.0 Å². The highest BCUT2D eigenvalue weighted by Crippen LogP contribution is 2.29. The van der Waals surface area contributed by atoms with E-state index >= 15 is 0 Å². The molecule has 0 bridgehead atoms. The number of likely N-dealkylation sites (tertiary alicyclic amines) is 1. The van der Waals surface area contributed by atoms with Crippen molar-refractivity contribution in [2.24, 2.45) is 13.0 Å². The molecule has 1 atom stereocenters. The number of fused-ring (bicyclic) bond motifs is 1. The number of amides is 2. The number of hydrogen-bond donors (Lipinski definition) is 1. The topological polar surface area (TPSA) is 67.2 Å². The number of aromatic nitrogens is 2. The highest BCUT2D eigenvalue weighted by Gasteiger charge is 2.38. The molecule has 0 unspecified atom stereocenters. The molecule has 1 aromatic carbocycles. The van der Waals surface area contributed by atoms with Gasteiger partial charge in [-0.2, -0.15) is 0 Å². The van der Waals surface area contributed by atoms with E-state index in [4.69, 9.17) is 0 Å². The van der Waals surface area contributed by atoms with E-state index in [2.05, 4.69) is 20.9 Å². The summed E-state index contributed by atoms with van der Waals surface area (Å²) >= 11 is 0. The van der Waals surface area contributed by atoms with Gasteiger partial charge in [0.1, 0.15) is 5.82 Å². The fourth-order valence-electron chi connectivity index (χ4n) is 4.50. The molecule has 2 heterocycles. The van der Waals surface area contributed by atoms with E-state index in [1.54, 1.807) is 0 Å². The van der Waals surface area contributed by atoms with Crippen molar-refractivity contribution in [3.8, 4) is 0 Å². The molecule has 2 fully saturated rings. The normalized spacial score (nSPS) is 20.7. The minimum atomic E-state index is -0.186. The SMILES string of the molecule is Cn1c(CCCNC(=O)[C@H]2CC(=O)N(C3CCCC3)C2)nc2ccccc21. The van der Waals surface area contributed by atoms with Gasteiger partial charge in [0.05, 0.1) is 17.0 Å². The molecule has 144 valence electrons. The number of imidazole rings is 1. The first-order valence-corrected chi connectivity index (χ1v) is 10.1. The van der Waals surface area contributed by atoms with Gasteiger partial charge in [0.15, 0.2) is 0 Å². The van der Waals surface area contributed by atoms with E-state index in [0.29, 0.717) is 25.6 Å². The lowest BCUT2D eigenvalue weighted by Gasteiger charge is -2.23. The summed E-state index contributed by atoms with van der Waals surface area (Å²) in [6.45, 7) is 1.22. The maximum atomic E-state index is 12.5. The summed E-state index contributed by atoms with van der Waals surface area (Å²) in [5.41, 5.74) is 2.14. The van der Waals surface area contributed by atoms with Crippen LogP contribution in [0.2, 0.25) is 0 Å². The minimum absolute atomic E-state index is 0.0221. The summed E-state index contributed by atoms with van der Waals surface area (Å²) < 4.78 is 2.12. The zero-order valence-corrected chi connectivity index (χ0v) is 16.0. The van der Waals surface area contributed by atoms with Crippen molar-refractivity contribution >= 4 is 22.8 Å². The van der Waals surface area contributed by atoms with Gasteiger partial charge < -0.3 is 14.8 Å². The van der Waals surface area contributed by atoms with E-state index < -0.39 is 0 Å². The fourth-order valence-corrected chi connectivity index (χ4v) is 4.50. The molecule has 1 N–H and O–H groups in total. The van der Waals surface area contributed by atoms with Gasteiger partial charge in [0, 0.05) is 39.0 Å². The van der Waals surface area contributed by atoms with Crippen LogP contribution in [0.3, 0.4) is 0 Å². The molecule has 0 spiro atoms. The maximum absolute atomic E-state index is 12.5. The molecule has 6 nitrogen and oxygen atoms in total. The Morgan fingerprint density at radius 2 is 2.04 bits per heavy atom. The Hall–Kier alpha value is -2.37. The minimum Gasteiger partial charge on any atom is -0.356 e. The van der Waals surface area contributed by atoms with Gasteiger partial charge in [0.25, 0.3) is 0 Å². The van der Waals surface area contributed by atoms with Crippen LogP contribution in [0.25, 0.3) is 11.0 Å². The van der Waals surface area contributed by atoms with Crippen molar-refractivity contribution in [3.63, 3.8) is 0 Å². The largest absolute Gasteiger partial charge is 0.356 e. The number of hydrogen-bond acceptors (Lipinski definition) is 3. The zero-order valence-electron chi connectivity index (χ0n) is 16.0. The van der Waals surface area contributed by atoms with Crippen LogP contribution in [0.4, 0.5) is 0 Å². The number of para-hydroxylation sites is 2. The molecule has 0 radical (unpaired) electrons. The second-order valence-electron chi connectivity index (χ2n) is 7.86. The van der Waals surface area contributed by atoms with E-state index in [-0.39, 0.29) is 17.7 Å². The summed E-state index contributed by atoms with van der Waals surface area (Å²) in [5, 5.41) is 3.02. The number of nitrogens with one attached hydrogen (secondary N) is 1. The summed E-state index contributed by atoms with van der Waals surface area (Å²) in [4.78, 5) is 31.3. The first kappa shape index (κ1) is 18.0. The third kappa shape index (κ3) is 3.70. The number of carbonyl (C=O) groups is 2. The molecule has 1 aliphatic heterocycles. The highest BCUT2D eigenvalue weighted by atomic mass is 16.2. The summed E-state index contributed by atoms with van der Waals surface area (Å²) in [6, 6.07) is 8.48. The molecular formula is C21H28N4O2. The summed E-state index contributed by atoms with van der Waals surface area (Å²) in [7, 11) is 2.03. The zero-order chi connectivity index (χ0) is 18.8. The van der Waals surface area contributed by atoms with Crippen LogP contribution in [0, 0.1) is 5.92 Å². The standard InChI is InChI=1S/C21H28N4O2/c1-24-18-10-5-4-9-17(18)23-19(24)11-6-12-22-21(27)15-13-20(26)25(14-15)16-7-2-3-8-16/h4-5,9-10,15-16H,2-3,6-8,11-14H2,1H3,(H,22,27)/t15-/m0/s1. The van der Waals surface area contributed by atoms with Crippen LogP contribution in [0.15, 0.2) is 24.3 Å². The number of carbonyl (C=O) groups excluding carboxylic acids is 2. The lowest BCUT2D eigenvalue weighted by atomic mass is 10.1. The van der Waals surface area contributed by atoms with Gasteiger partial charge in [-0.25, -0.2) is 4.98 Å². The number of benzene rings is 1. The molecule has 6 heteroatoms. The van der Waals surface area contributed by atoms with Crippen LogP contribution in [-0.4, -0.2) is 45.4 Å². The summed E-state index contributed by atoms with van der Waals surface area (Å²) in [5.74, 6) is 1.03. The van der Waals surface area contributed by atoms with Gasteiger partial charge >= 0.3 is 0 Å². The van der Waals surface area contributed by atoms with Gasteiger partial charge in [0.2, 0.25) is 11.8 Å². The van der Waals surface area contributed by atoms with Crippen LogP contribution >= 0.6 is 0 Å². The molecule has 1 saturated carbocycles. The van der Waals surface area contributed by atoms with Crippen molar-refractivity contribution in [3.05, 3.63) is 30.1 Å². The molecule has 27 heavy (non-hydrogen) atoms. The third-order valence-electron chi connectivity index (χ3n) is 6.05. The molecular weight excluding hydrogens is 340 g/mol. The van der Waals surface area contributed by atoms with Crippen molar-refractivity contribution in [2.75, 3.05) is 13.1 Å². The predicted molar refractivity (Wildman–Crippen MR) is 104 cm³/mol. The quantitative estimate of drug-likeness (QED) is 0.796. The second-order valence-corrected chi connectivity index (χ2v) is 7.86. The molecule has 1 saturated heterocycles. The lowest BCUT2D eigenvalue weighted by molar-refractivity contribution is -0.130. The van der Waals surface area contributed by atoms with Crippen molar-refractivity contribution in [1.82, 2.24) is 19.8 Å². The number of rotatable bonds is 6. The predicted octanol–water partition coefficient (Wildman–Crippen LogP) is 2.41. The highest BCUT2D eigenvalue weighted by molar-refractivity contribution is 5.89. The van der Waals surface area contributed by atoms with Crippen LogP contribution in [0.5, 0.6) is 0 Å². The van der Waals surface area contributed by atoms with Crippen molar-refractivity contribution in [1.29, 1.82) is 0 Å². The Morgan fingerprint density at radius 3 is 2.81 bits per heavy atom. The van der Waals surface area contributed by atoms with Crippen LogP contribution in [-0.2, 0) is 23.1 Å². The van der Waals surface area contributed by atoms with Gasteiger partial charge in [-0.3, -0.25) is 9.59 Å². The Bertz CT molecular complexity index is 838. The van der Waals surface area contributed by atoms with Gasteiger partial charge in [-0.05, 0) is 31.4 Å². The second kappa shape index (κ2) is 7.71. The average molecular weight is 368 g/mol. The molecule has 4 rings (SSSR count). The Labute approximate surface area is 159 Å². The Kier molecular flexibility index (Phi) is 5.14. The average Bonchev–Trinajstić information content (AvgIpc) is 3.39. The van der Waals surface area contributed by atoms with E-state index in [0.717, 1.165) is 42.5 Å². The molecule has 1 aliphatic carbocycles. The van der Waals surface area contributed by atoms with Crippen molar-refractivity contribution < 1.29 is 9.59 Å². The molecule has 2 aromatic rings. The first-order valence-electron chi connectivity index (χ1n) is 10.1. The van der Waals surface area contributed by atoms with Crippen LogP contribution < -0.4 is 5.32 Å². The number of aryl methyl sites for hydroxylation is 2. The number of nitrogens with zero attached hydrogens (tertiary/aromatic N) is 3. The molecule has 2 amide bonds. The third-order valence-corrected chi connectivity index (χ3v) is 6.05. The van der Waals surface area contributed by atoms with E-state index in [1.807, 2.05) is 30.1 Å². The first-order chi connectivity index (χ1) is 13.1. The fraction of sp³-hybridized carbons (Fsp3) is 0.571.